The molecule has 4 nitrogen and oxygen atoms in total. The van der Waals surface area contributed by atoms with Crippen molar-refractivity contribution in [3.05, 3.63) is 50.6 Å². The topological polar surface area (TPSA) is 80.9 Å². The zero-order valence-electron chi connectivity index (χ0n) is 13.7. The summed E-state index contributed by atoms with van der Waals surface area (Å²) in [6, 6.07) is 0. The first-order chi connectivity index (χ1) is 9.08. The second-order valence-corrected chi connectivity index (χ2v) is 3.91. The molecule has 0 heterocycles. The summed E-state index contributed by atoms with van der Waals surface area (Å²) in [7, 11) is 0. The molecule has 4 N–H and O–H groups in total. The van der Waals surface area contributed by atoms with E-state index in [1.54, 1.807) is 27.7 Å². The van der Waals surface area contributed by atoms with Gasteiger partial charge in [-0.05, 0) is 27.7 Å². The van der Waals surface area contributed by atoms with Gasteiger partial charge in [-0.25, -0.2) is 0 Å². The van der Waals surface area contributed by atoms with Crippen molar-refractivity contribution in [2.45, 2.75) is 52.1 Å². The SMILES string of the molecule is C=CC(C)O.C=CC(C)O.C=CC(C)O.C=CC(C)O.[Hf]. The average molecular weight is 467 g/mol. The van der Waals surface area contributed by atoms with Gasteiger partial charge in [-0.3, -0.25) is 0 Å². The number of rotatable bonds is 4. The van der Waals surface area contributed by atoms with Crippen molar-refractivity contribution in [3.8, 4) is 0 Å². The maximum Gasteiger partial charge on any atom is 0.0690 e. The second-order valence-electron chi connectivity index (χ2n) is 3.91. The summed E-state index contributed by atoms with van der Waals surface area (Å²) >= 11 is 0. The van der Waals surface area contributed by atoms with Crippen LogP contribution in [-0.4, -0.2) is 44.8 Å². The minimum atomic E-state index is -0.352. The number of aliphatic hydroxyl groups excluding tert-OH is 4. The molecule has 124 valence electrons. The first-order valence-corrected chi connectivity index (χ1v) is 6.31. The Morgan fingerprint density at radius 2 is 0.571 bits per heavy atom. The van der Waals surface area contributed by atoms with E-state index in [4.69, 9.17) is 20.4 Å². The molecule has 0 fully saturated rings. The number of hydrogen-bond donors (Lipinski definition) is 4. The molecule has 0 aromatic carbocycles. The van der Waals surface area contributed by atoms with Gasteiger partial charge < -0.3 is 20.4 Å². The van der Waals surface area contributed by atoms with Gasteiger partial charge >= 0.3 is 0 Å². The summed E-state index contributed by atoms with van der Waals surface area (Å²) in [5, 5.41) is 33.0. The molecule has 0 amide bonds. The Kier molecular flexibility index (Phi) is 43.3. The van der Waals surface area contributed by atoms with Crippen LogP contribution in [0.1, 0.15) is 27.7 Å². The van der Waals surface area contributed by atoms with Crippen LogP contribution in [0.2, 0.25) is 0 Å². The van der Waals surface area contributed by atoms with E-state index in [1.165, 1.54) is 24.3 Å². The van der Waals surface area contributed by atoms with Crippen LogP contribution in [-0.2, 0) is 25.8 Å². The molecule has 0 saturated heterocycles. The van der Waals surface area contributed by atoms with E-state index in [0.717, 1.165) is 0 Å². The van der Waals surface area contributed by atoms with E-state index in [0.29, 0.717) is 0 Å². The summed E-state index contributed by atoms with van der Waals surface area (Å²) in [5.41, 5.74) is 0. The second kappa shape index (κ2) is 27.9. The van der Waals surface area contributed by atoms with Gasteiger partial charge in [-0.15, -0.1) is 26.3 Å². The van der Waals surface area contributed by atoms with Gasteiger partial charge in [0.05, 0.1) is 24.4 Å². The Hall–Kier alpha value is -0.330. The molecule has 4 unspecified atom stereocenters. The Bertz CT molecular complexity index is 176. The molecule has 0 radical (unpaired) electrons. The quantitative estimate of drug-likeness (QED) is 0.378. The predicted octanol–water partition coefficient (Wildman–Crippen LogP) is 2.21. The van der Waals surface area contributed by atoms with E-state index in [1.807, 2.05) is 0 Å². The fourth-order valence-corrected chi connectivity index (χ4v) is 0. The first-order valence-electron chi connectivity index (χ1n) is 6.31. The molecular weight excluding hydrogens is 435 g/mol. The zero-order chi connectivity index (χ0) is 17.1. The van der Waals surface area contributed by atoms with Gasteiger partial charge in [0, 0.05) is 25.8 Å². The molecule has 0 aliphatic heterocycles. The monoisotopic (exact) mass is 468 g/mol. The standard InChI is InChI=1S/4C4H8O.Hf/c4*1-3-4(2)5;/h4*3-5H,1H2,2H3;. The van der Waals surface area contributed by atoms with Crippen molar-refractivity contribution in [1.82, 2.24) is 0 Å². The maximum absolute atomic E-state index is 8.24. The van der Waals surface area contributed by atoms with Crippen molar-refractivity contribution < 1.29 is 46.3 Å². The summed E-state index contributed by atoms with van der Waals surface area (Å²) in [5.74, 6) is 0. The average Bonchev–Trinajstić information content (AvgIpc) is 2.40. The van der Waals surface area contributed by atoms with E-state index >= 15 is 0 Å². The van der Waals surface area contributed by atoms with Crippen LogP contribution in [0.5, 0.6) is 0 Å². The predicted molar refractivity (Wildman–Crippen MR) is 87.5 cm³/mol. The molecule has 0 aromatic rings. The van der Waals surface area contributed by atoms with Gasteiger partial charge in [-0.1, -0.05) is 24.3 Å². The fourth-order valence-electron chi connectivity index (χ4n) is 0. The number of aliphatic hydroxyl groups is 4. The molecule has 0 aliphatic rings. The fraction of sp³-hybridized carbons (Fsp3) is 0.500. The molecule has 0 spiro atoms. The minimum Gasteiger partial charge on any atom is -0.389 e. The van der Waals surface area contributed by atoms with Crippen molar-refractivity contribution in [2.75, 3.05) is 0 Å². The molecular formula is C16H32HfO4. The summed E-state index contributed by atoms with van der Waals surface area (Å²) < 4.78 is 0. The van der Waals surface area contributed by atoms with E-state index < -0.39 is 0 Å². The van der Waals surface area contributed by atoms with Gasteiger partial charge in [0.2, 0.25) is 0 Å². The van der Waals surface area contributed by atoms with Crippen LogP contribution >= 0.6 is 0 Å². The van der Waals surface area contributed by atoms with Gasteiger partial charge in [0.15, 0.2) is 0 Å². The molecule has 0 bridgehead atoms. The Labute approximate surface area is 149 Å². The van der Waals surface area contributed by atoms with Gasteiger partial charge in [0.1, 0.15) is 0 Å². The number of hydrogen-bond acceptors (Lipinski definition) is 4. The molecule has 0 aliphatic carbocycles. The van der Waals surface area contributed by atoms with Crippen LogP contribution in [0.25, 0.3) is 0 Å². The molecule has 21 heavy (non-hydrogen) atoms. The largest absolute Gasteiger partial charge is 0.389 e. The Morgan fingerprint density at radius 3 is 0.571 bits per heavy atom. The maximum atomic E-state index is 8.24. The van der Waals surface area contributed by atoms with Crippen LogP contribution in [0.15, 0.2) is 50.6 Å². The van der Waals surface area contributed by atoms with Gasteiger partial charge in [0.25, 0.3) is 0 Å². The first kappa shape index (κ1) is 32.6. The van der Waals surface area contributed by atoms with Gasteiger partial charge in [-0.2, -0.15) is 0 Å². The van der Waals surface area contributed by atoms with E-state index in [2.05, 4.69) is 26.3 Å². The Morgan fingerprint density at radius 1 is 0.524 bits per heavy atom. The minimum absolute atomic E-state index is 0. The third kappa shape index (κ3) is 104. The summed E-state index contributed by atoms with van der Waals surface area (Å²) in [6.45, 7) is 19.9. The van der Waals surface area contributed by atoms with Crippen LogP contribution < -0.4 is 0 Å². The summed E-state index contributed by atoms with van der Waals surface area (Å²) in [4.78, 5) is 0. The van der Waals surface area contributed by atoms with Crippen molar-refractivity contribution in [2.24, 2.45) is 0 Å². The van der Waals surface area contributed by atoms with Crippen molar-refractivity contribution >= 4 is 0 Å². The smallest absolute Gasteiger partial charge is 0.0690 e. The third-order valence-electron chi connectivity index (χ3n) is 1.36. The van der Waals surface area contributed by atoms with E-state index in [-0.39, 0.29) is 50.3 Å². The molecule has 0 saturated carbocycles. The third-order valence-corrected chi connectivity index (χ3v) is 1.36. The molecule has 0 rings (SSSR count). The van der Waals surface area contributed by atoms with Crippen molar-refractivity contribution in [3.63, 3.8) is 0 Å². The molecule has 4 atom stereocenters. The van der Waals surface area contributed by atoms with E-state index in [9.17, 15) is 0 Å². The Balaban J connectivity index is -0.0000000533. The van der Waals surface area contributed by atoms with Crippen LogP contribution in [0.3, 0.4) is 0 Å². The zero-order valence-corrected chi connectivity index (χ0v) is 17.3. The van der Waals surface area contributed by atoms with Crippen LogP contribution in [0, 0.1) is 0 Å². The van der Waals surface area contributed by atoms with Crippen molar-refractivity contribution in [1.29, 1.82) is 0 Å². The molecule has 5 heteroatoms. The van der Waals surface area contributed by atoms with Crippen LogP contribution in [0.4, 0.5) is 0 Å². The normalized spacial score (nSPS) is 13.3. The summed E-state index contributed by atoms with van der Waals surface area (Å²) in [6.07, 6.45) is 4.48. The molecule has 0 aromatic heterocycles.